The van der Waals surface area contributed by atoms with Gasteiger partial charge in [-0.1, -0.05) is 18.2 Å². The van der Waals surface area contributed by atoms with Crippen molar-refractivity contribution in [3.8, 4) is 11.8 Å². The number of halogens is 1. The Morgan fingerprint density at radius 3 is 2.42 bits per heavy atom. The van der Waals surface area contributed by atoms with E-state index in [-0.39, 0.29) is 18.8 Å². The molecule has 1 amide bonds. The number of ether oxygens (including phenoxy) is 1. The lowest BCUT2D eigenvalue weighted by atomic mass is 10.2. The molecule has 0 fully saturated rings. The summed E-state index contributed by atoms with van der Waals surface area (Å²) in [6, 6.07) is 18.6. The molecule has 0 aliphatic carbocycles. The van der Waals surface area contributed by atoms with Crippen LogP contribution in [0.4, 0.5) is 10.1 Å². The van der Waals surface area contributed by atoms with E-state index < -0.39 is 18.5 Å². The number of nitrogens with zero attached hydrogens (tertiary/aromatic N) is 3. The fraction of sp³-hybridized carbons (Fsp3) is 0.208. The van der Waals surface area contributed by atoms with E-state index in [4.69, 9.17) is 10.00 Å². The van der Waals surface area contributed by atoms with Gasteiger partial charge in [-0.3, -0.25) is 4.79 Å². The normalized spacial score (nSPS) is 10.4. The molecule has 0 atom stereocenters. The standard InChI is InChI=1S/C24H22FN3O3/c1-17-15-22(18(2)28(17)21-11-9-19(25)10-12-21)24(30)31-16-23(29)27(14-6-13-26)20-7-4-3-5-8-20/h3-5,7-12,15H,6,14,16H2,1-2H3. The second-order valence-electron chi connectivity index (χ2n) is 6.96. The number of carbonyl (C=O) groups excluding carboxylic acids is 2. The van der Waals surface area contributed by atoms with Gasteiger partial charge in [-0.25, -0.2) is 9.18 Å². The largest absolute Gasteiger partial charge is 0.452 e. The number of hydrogen-bond donors (Lipinski definition) is 0. The summed E-state index contributed by atoms with van der Waals surface area (Å²) in [5, 5.41) is 8.88. The third-order valence-corrected chi connectivity index (χ3v) is 4.88. The van der Waals surface area contributed by atoms with Gasteiger partial charge in [0.25, 0.3) is 5.91 Å². The number of esters is 1. The van der Waals surface area contributed by atoms with E-state index in [0.29, 0.717) is 16.9 Å². The Kier molecular flexibility index (Phi) is 6.83. The van der Waals surface area contributed by atoms with Gasteiger partial charge in [0.15, 0.2) is 6.61 Å². The molecule has 1 heterocycles. The first kappa shape index (κ1) is 21.8. The summed E-state index contributed by atoms with van der Waals surface area (Å²) in [4.78, 5) is 26.8. The minimum Gasteiger partial charge on any atom is -0.452 e. The first-order valence-corrected chi connectivity index (χ1v) is 9.76. The molecule has 7 heteroatoms. The quantitative estimate of drug-likeness (QED) is 0.534. The molecule has 1 aromatic heterocycles. The van der Waals surface area contributed by atoms with Gasteiger partial charge in [-0.05, 0) is 56.3 Å². The van der Waals surface area contributed by atoms with Crippen LogP contribution in [0.2, 0.25) is 0 Å². The molecule has 158 valence electrons. The van der Waals surface area contributed by atoms with Gasteiger partial charge in [-0.15, -0.1) is 0 Å². The van der Waals surface area contributed by atoms with Crippen molar-refractivity contribution in [3.05, 3.63) is 83.4 Å². The summed E-state index contributed by atoms with van der Waals surface area (Å²) in [5.41, 5.74) is 3.10. The Hall–Kier alpha value is -3.92. The monoisotopic (exact) mass is 419 g/mol. The smallest absolute Gasteiger partial charge is 0.340 e. The van der Waals surface area contributed by atoms with Crippen LogP contribution in [-0.4, -0.2) is 29.6 Å². The molecule has 0 aliphatic rings. The highest BCUT2D eigenvalue weighted by Crippen LogP contribution is 2.22. The van der Waals surface area contributed by atoms with Crippen molar-refractivity contribution in [1.82, 2.24) is 4.57 Å². The highest BCUT2D eigenvalue weighted by molar-refractivity contribution is 5.97. The molecule has 31 heavy (non-hydrogen) atoms. The lowest BCUT2D eigenvalue weighted by Crippen LogP contribution is -2.35. The number of anilines is 1. The zero-order valence-electron chi connectivity index (χ0n) is 17.3. The van der Waals surface area contributed by atoms with Crippen molar-refractivity contribution in [2.75, 3.05) is 18.1 Å². The topological polar surface area (TPSA) is 75.3 Å². The summed E-state index contributed by atoms with van der Waals surface area (Å²) >= 11 is 0. The summed E-state index contributed by atoms with van der Waals surface area (Å²) in [7, 11) is 0. The van der Waals surface area contributed by atoms with Crippen molar-refractivity contribution < 1.29 is 18.7 Å². The number of hydrogen-bond acceptors (Lipinski definition) is 4. The predicted octanol–water partition coefficient (Wildman–Crippen LogP) is 4.34. The van der Waals surface area contributed by atoms with Crippen molar-refractivity contribution in [1.29, 1.82) is 5.26 Å². The molecule has 0 N–H and O–H groups in total. The van der Waals surface area contributed by atoms with Crippen LogP contribution >= 0.6 is 0 Å². The lowest BCUT2D eigenvalue weighted by molar-refractivity contribution is -0.121. The van der Waals surface area contributed by atoms with E-state index in [2.05, 4.69) is 0 Å². The molecule has 3 rings (SSSR count). The SMILES string of the molecule is Cc1cc(C(=O)OCC(=O)N(CCC#N)c2ccccc2)c(C)n1-c1ccc(F)cc1. The van der Waals surface area contributed by atoms with Crippen LogP contribution in [0.1, 0.15) is 28.2 Å². The molecule has 0 saturated carbocycles. The maximum absolute atomic E-state index is 13.2. The molecule has 0 bridgehead atoms. The number of carbonyl (C=O) groups is 2. The zero-order chi connectivity index (χ0) is 22.4. The van der Waals surface area contributed by atoms with E-state index in [9.17, 15) is 14.0 Å². The fourth-order valence-corrected chi connectivity index (χ4v) is 3.41. The predicted molar refractivity (Wildman–Crippen MR) is 115 cm³/mol. The van der Waals surface area contributed by atoms with Gasteiger partial charge in [0.2, 0.25) is 0 Å². The maximum atomic E-state index is 13.2. The van der Waals surface area contributed by atoms with Crippen LogP contribution in [0.5, 0.6) is 0 Å². The highest BCUT2D eigenvalue weighted by Gasteiger charge is 2.21. The van der Waals surface area contributed by atoms with Crippen molar-refractivity contribution in [3.63, 3.8) is 0 Å². The number of aromatic nitrogens is 1. The van der Waals surface area contributed by atoms with Crippen molar-refractivity contribution in [2.45, 2.75) is 20.3 Å². The second kappa shape index (κ2) is 9.72. The second-order valence-corrected chi connectivity index (χ2v) is 6.96. The van der Waals surface area contributed by atoms with Gasteiger partial charge < -0.3 is 14.2 Å². The first-order valence-electron chi connectivity index (χ1n) is 9.76. The molecule has 3 aromatic rings. The number of para-hydroxylation sites is 1. The van der Waals surface area contributed by atoms with Gasteiger partial charge in [0.05, 0.1) is 18.1 Å². The Bertz CT molecular complexity index is 1120. The van der Waals surface area contributed by atoms with Crippen LogP contribution in [0.15, 0.2) is 60.7 Å². The Labute approximate surface area is 180 Å². The fourth-order valence-electron chi connectivity index (χ4n) is 3.41. The molecule has 6 nitrogen and oxygen atoms in total. The number of nitriles is 1. The number of rotatable bonds is 7. The van der Waals surface area contributed by atoms with E-state index in [1.54, 1.807) is 49.4 Å². The molecule has 0 aliphatic heterocycles. The van der Waals surface area contributed by atoms with Gasteiger partial charge in [0, 0.05) is 29.3 Å². The minimum atomic E-state index is -0.622. The molecular formula is C24H22FN3O3. The van der Waals surface area contributed by atoms with Crippen molar-refractivity contribution >= 4 is 17.6 Å². The van der Waals surface area contributed by atoms with Gasteiger partial charge in [0.1, 0.15) is 5.82 Å². The third-order valence-electron chi connectivity index (χ3n) is 4.88. The average Bonchev–Trinajstić information content (AvgIpc) is 3.07. The van der Waals surface area contributed by atoms with Crippen LogP contribution in [0.3, 0.4) is 0 Å². The zero-order valence-corrected chi connectivity index (χ0v) is 17.3. The number of benzene rings is 2. The Morgan fingerprint density at radius 2 is 1.77 bits per heavy atom. The number of amides is 1. The Morgan fingerprint density at radius 1 is 1.10 bits per heavy atom. The molecule has 2 aromatic carbocycles. The van der Waals surface area contributed by atoms with Crippen LogP contribution in [-0.2, 0) is 9.53 Å². The van der Waals surface area contributed by atoms with Crippen LogP contribution < -0.4 is 4.90 Å². The lowest BCUT2D eigenvalue weighted by Gasteiger charge is -2.21. The van der Waals surface area contributed by atoms with Crippen molar-refractivity contribution in [2.24, 2.45) is 0 Å². The average molecular weight is 419 g/mol. The number of aryl methyl sites for hydroxylation is 1. The molecular weight excluding hydrogens is 397 g/mol. The van der Waals surface area contributed by atoms with Gasteiger partial charge in [-0.2, -0.15) is 5.26 Å². The highest BCUT2D eigenvalue weighted by atomic mass is 19.1. The maximum Gasteiger partial charge on any atom is 0.340 e. The van der Waals surface area contributed by atoms with Gasteiger partial charge >= 0.3 is 5.97 Å². The van der Waals surface area contributed by atoms with E-state index in [0.717, 1.165) is 11.4 Å². The molecule has 0 unspecified atom stereocenters. The van der Waals surface area contributed by atoms with Crippen LogP contribution in [0.25, 0.3) is 5.69 Å². The van der Waals surface area contributed by atoms with E-state index in [1.807, 2.05) is 23.6 Å². The summed E-state index contributed by atoms with van der Waals surface area (Å²) in [6.45, 7) is 3.35. The Balaban J connectivity index is 1.74. The minimum absolute atomic E-state index is 0.160. The first-order chi connectivity index (χ1) is 14.9. The summed E-state index contributed by atoms with van der Waals surface area (Å²) < 4.78 is 20.4. The molecule has 0 saturated heterocycles. The van der Waals surface area contributed by atoms with E-state index in [1.165, 1.54) is 17.0 Å². The van der Waals surface area contributed by atoms with Crippen LogP contribution in [0, 0.1) is 31.0 Å². The van der Waals surface area contributed by atoms with E-state index >= 15 is 0 Å². The summed E-state index contributed by atoms with van der Waals surface area (Å²) in [6.07, 6.45) is 0.160. The summed E-state index contributed by atoms with van der Waals surface area (Å²) in [5.74, 6) is -1.38. The molecule has 0 radical (unpaired) electrons. The third kappa shape index (κ3) is 4.98. The molecule has 0 spiro atoms.